The van der Waals surface area contributed by atoms with E-state index in [1.54, 1.807) is 16.8 Å². The van der Waals surface area contributed by atoms with Crippen LogP contribution in [-0.2, 0) is 0 Å². The number of urea groups is 1. The van der Waals surface area contributed by atoms with Crippen LogP contribution in [0.25, 0.3) is 17.0 Å². The molecule has 4 rings (SSSR count). The maximum Gasteiger partial charge on any atom is 0.321 e. The standard InChI is InChI=1S/C17H16F2N6O/c18-10-3-4-24(7-10)17(26)22-12-1-2-14(19)13(5-12)15-9-25-8-11(20)6-21-16(25)23-15/h1-2,5-6,8-10H,3-4,7,20H2,(H,22,26). The van der Waals surface area contributed by atoms with Gasteiger partial charge in [-0.3, -0.25) is 4.40 Å². The van der Waals surface area contributed by atoms with E-state index in [0.717, 1.165) is 0 Å². The Balaban J connectivity index is 1.62. The molecule has 3 heterocycles. The Morgan fingerprint density at radius 2 is 2.19 bits per heavy atom. The molecule has 1 fully saturated rings. The van der Waals surface area contributed by atoms with Crippen molar-refractivity contribution in [3.8, 4) is 11.3 Å². The van der Waals surface area contributed by atoms with Crippen molar-refractivity contribution in [1.29, 1.82) is 0 Å². The Kier molecular flexibility index (Phi) is 3.90. The lowest BCUT2D eigenvalue weighted by atomic mass is 10.1. The number of aromatic nitrogens is 3. The predicted molar refractivity (Wildman–Crippen MR) is 92.9 cm³/mol. The molecule has 1 saturated heterocycles. The molecule has 3 aromatic rings. The average molecular weight is 358 g/mol. The van der Waals surface area contributed by atoms with E-state index in [1.165, 1.54) is 29.3 Å². The number of anilines is 2. The number of nitrogens with one attached hydrogen (secondary N) is 1. The molecule has 7 nitrogen and oxygen atoms in total. The molecule has 2 amide bonds. The highest BCUT2D eigenvalue weighted by atomic mass is 19.1. The number of hydrogen-bond donors (Lipinski definition) is 2. The van der Waals surface area contributed by atoms with E-state index in [-0.39, 0.29) is 12.1 Å². The van der Waals surface area contributed by atoms with Crippen LogP contribution in [0.4, 0.5) is 25.0 Å². The first-order valence-electron chi connectivity index (χ1n) is 8.10. The maximum absolute atomic E-state index is 14.3. The smallest absolute Gasteiger partial charge is 0.321 e. The first kappa shape index (κ1) is 16.2. The van der Waals surface area contributed by atoms with Crippen molar-refractivity contribution in [2.24, 2.45) is 0 Å². The van der Waals surface area contributed by atoms with Gasteiger partial charge in [-0.1, -0.05) is 0 Å². The highest BCUT2D eigenvalue weighted by Gasteiger charge is 2.26. The number of likely N-dealkylation sites (tertiary alicyclic amines) is 1. The highest BCUT2D eigenvalue weighted by Crippen LogP contribution is 2.26. The molecular weight excluding hydrogens is 342 g/mol. The summed E-state index contributed by atoms with van der Waals surface area (Å²) in [7, 11) is 0. The number of carbonyl (C=O) groups excluding carboxylic acids is 1. The van der Waals surface area contributed by atoms with Crippen LogP contribution in [0.1, 0.15) is 6.42 Å². The number of nitrogen functional groups attached to an aromatic ring is 1. The third-order valence-corrected chi connectivity index (χ3v) is 4.24. The molecule has 1 unspecified atom stereocenters. The average Bonchev–Trinajstić information content (AvgIpc) is 3.22. The molecule has 0 saturated carbocycles. The number of alkyl halides is 1. The number of rotatable bonds is 2. The van der Waals surface area contributed by atoms with Crippen LogP contribution in [0.5, 0.6) is 0 Å². The first-order chi connectivity index (χ1) is 12.5. The van der Waals surface area contributed by atoms with Gasteiger partial charge in [-0.2, -0.15) is 0 Å². The van der Waals surface area contributed by atoms with Crippen LogP contribution in [-0.4, -0.2) is 44.6 Å². The minimum Gasteiger partial charge on any atom is -0.396 e. The lowest BCUT2D eigenvalue weighted by molar-refractivity contribution is 0.218. The van der Waals surface area contributed by atoms with Crippen molar-refractivity contribution in [3.63, 3.8) is 0 Å². The fraction of sp³-hybridized carbons (Fsp3) is 0.235. The molecule has 3 N–H and O–H groups in total. The molecule has 1 atom stereocenters. The third-order valence-electron chi connectivity index (χ3n) is 4.24. The summed E-state index contributed by atoms with van der Waals surface area (Å²) >= 11 is 0. The highest BCUT2D eigenvalue weighted by molar-refractivity contribution is 5.90. The summed E-state index contributed by atoms with van der Waals surface area (Å²) in [6.07, 6.45) is 4.04. The summed E-state index contributed by atoms with van der Waals surface area (Å²) in [6.45, 7) is 0.431. The number of carbonyl (C=O) groups is 1. The van der Waals surface area contributed by atoms with Crippen molar-refractivity contribution in [2.75, 3.05) is 24.1 Å². The number of hydrogen-bond acceptors (Lipinski definition) is 4. The summed E-state index contributed by atoms with van der Waals surface area (Å²) in [5.41, 5.74) is 7.13. The molecule has 26 heavy (non-hydrogen) atoms. The Morgan fingerprint density at radius 3 is 2.96 bits per heavy atom. The molecule has 0 bridgehead atoms. The van der Waals surface area contributed by atoms with Crippen molar-refractivity contribution in [1.82, 2.24) is 19.3 Å². The number of fused-ring (bicyclic) bond motifs is 1. The Bertz CT molecular complexity index is 989. The minimum atomic E-state index is -0.998. The van der Waals surface area contributed by atoms with Crippen molar-refractivity contribution < 1.29 is 13.6 Å². The molecule has 9 heteroatoms. The van der Waals surface area contributed by atoms with Gasteiger partial charge in [0.15, 0.2) is 0 Å². The number of benzene rings is 1. The number of amides is 2. The van der Waals surface area contributed by atoms with E-state index in [4.69, 9.17) is 5.73 Å². The van der Waals surface area contributed by atoms with Gasteiger partial charge in [0.25, 0.3) is 0 Å². The van der Waals surface area contributed by atoms with E-state index in [2.05, 4.69) is 15.3 Å². The van der Waals surface area contributed by atoms with Gasteiger partial charge in [0.1, 0.15) is 12.0 Å². The summed E-state index contributed by atoms with van der Waals surface area (Å²) in [5, 5.41) is 2.67. The predicted octanol–water partition coefficient (Wildman–Crippen LogP) is 2.69. The first-order valence-corrected chi connectivity index (χ1v) is 8.10. The SMILES string of the molecule is Nc1cnc2nc(-c3cc(NC(=O)N4CCC(F)C4)ccc3F)cn2c1. The van der Waals surface area contributed by atoms with Gasteiger partial charge in [-0.05, 0) is 24.6 Å². The molecule has 1 aliphatic rings. The van der Waals surface area contributed by atoms with Crippen LogP contribution in [0.15, 0.2) is 36.8 Å². The molecule has 1 aromatic carbocycles. The summed E-state index contributed by atoms with van der Waals surface area (Å²) in [5.74, 6) is -0.0986. The van der Waals surface area contributed by atoms with Crippen molar-refractivity contribution in [3.05, 3.63) is 42.6 Å². The quantitative estimate of drug-likeness (QED) is 0.737. The normalized spacial score (nSPS) is 17.0. The van der Waals surface area contributed by atoms with Crippen LogP contribution < -0.4 is 11.1 Å². The maximum atomic E-state index is 14.3. The Hall–Kier alpha value is -3.23. The zero-order valence-corrected chi connectivity index (χ0v) is 13.7. The second-order valence-electron chi connectivity index (χ2n) is 6.18. The van der Waals surface area contributed by atoms with Crippen molar-refractivity contribution in [2.45, 2.75) is 12.6 Å². The number of halogens is 2. The molecule has 0 radical (unpaired) electrons. The monoisotopic (exact) mass is 358 g/mol. The number of nitrogens with zero attached hydrogens (tertiary/aromatic N) is 4. The molecular formula is C17H16F2N6O. The number of imidazole rings is 1. The zero-order chi connectivity index (χ0) is 18.3. The van der Waals surface area contributed by atoms with E-state index in [1.807, 2.05) is 0 Å². The second-order valence-corrected chi connectivity index (χ2v) is 6.18. The molecule has 134 valence electrons. The minimum absolute atomic E-state index is 0.0689. The van der Waals surface area contributed by atoms with E-state index < -0.39 is 18.0 Å². The molecule has 2 aromatic heterocycles. The summed E-state index contributed by atoms with van der Waals surface area (Å²) < 4.78 is 29.1. The Morgan fingerprint density at radius 1 is 1.35 bits per heavy atom. The van der Waals surface area contributed by atoms with Crippen LogP contribution >= 0.6 is 0 Å². The van der Waals surface area contributed by atoms with Gasteiger partial charge in [0.05, 0.1) is 24.1 Å². The molecule has 0 spiro atoms. The van der Waals surface area contributed by atoms with Gasteiger partial charge >= 0.3 is 6.03 Å². The topological polar surface area (TPSA) is 88.5 Å². The fourth-order valence-corrected chi connectivity index (χ4v) is 2.93. The van der Waals surface area contributed by atoms with Crippen LogP contribution in [0.3, 0.4) is 0 Å². The van der Waals surface area contributed by atoms with Gasteiger partial charge in [0.2, 0.25) is 5.78 Å². The fourth-order valence-electron chi connectivity index (χ4n) is 2.93. The van der Waals surface area contributed by atoms with Crippen molar-refractivity contribution >= 4 is 23.2 Å². The third kappa shape index (κ3) is 3.03. The van der Waals surface area contributed by atoms with Gasteiger partial charge in [0, 0.05) is 30.2 Å². The molecule has 1 aliphatic heterocycles. The van der Waals surface area contributed by atoms with E-state index in [0.29, 0.717) is 35.8 Å². The van der Waals surface area contributed by atoms with Gasteiger partial charge in [-0.15, -0.1) is 0 Å². The lowest BCUT2D eigenvalue weighted by Crippen LogP contribution is -2.33. The second kappa shape index (κ2) is 6.25. The van der Waals surface area contributed by atoms with Crippen LogP contribution in [0.2, 0.25) is 0 Å². The van der Waals surface area contributed by atoms with Gasteiger partial charge < -0.3 is 16.0 Å². The molecule has 0 aliphatic carbocycles. The van der Waals surface area contributed by atoms with Gasteiger partial charge in [-0.25, -0.2) is 23.5 Å². The largest absolute Gasteiger partial charge is 0.396 e. The summed E-state index contributed by atoms with van der Waals surface area (Å²) in [4.78, 5) is 21.9. The number of nitrogens with two attached hydrogens (primary N) is 1. The van der Waals surface area contributed by atoms with E-state index >= 15 is 0 Å². The lowest BCUT2D eigenvalue weighted by Gasteiger charge is -2.16. The van der Waals surface area contributed by atoms with E-state index in [9.17, 15) is 13.6 Å². The summed E-state index contributed by atoms with van der Waals surface area (Å²) in [6, 6.07) is 3.78. The Labute approximate surface area is 147 Å². The van der Waals surface area contributed by atoms with Crippen LogP contribution in [0, 0.1) is 5.82 Å². The zero-order valence-electron chi connectivity index (χ0n) is 13.7.